The minimum Gasteiger partial charge on any atom is -0.326 e. The van der Waals surface area contributed by atoms with Crippen molar-refractivity contribution in [1.29, 1.82) is 0 Å². The third-order valence-corrected chi connectivity index (χ3v) is 4.41. The molecule has 0 aromatic heterocycles. The van der Waals surface area contributed by atoms with Gasteiger partial charge < -0.3 is 10.2 Å². The lowest BCUT2D eigenvalue weighted by Crippen LogP contribution is -2.33. The summed E-state index contributed by atoms with van der Waals surface area (Å²) in [6.45, 7) is 3.37. The van der Waals surface area contributed by atoms with Crippen LogP contribution in [0.2, 0.25) is 0 Å². The number of thioether (sulfide) groups is 1. The molecule has 0 heterocycles. The fourth-order valence-electron chi connectivity index (χ4n) is 2.13. The first kappa shape index (κ1) is 17.1. The normalized spacial score (nSPS) is 11.6. The molecule has 0 unspecified atom stereocenters. The second kappa shape index (κ2) is 7.83. The van der Waals surface area contributed by atoms with Crippen molar-refractivity contribution in [3.63, 3.8) is 0 Å². The molecule has 0 bridgehead atoms. The molecule has 0 saturated carbocycles. The van der Waals surface area contributed by atoms with Crippen molar-refractivity contribution in [3.8, 4) is 0 Å². The minimum absolute atomic E-state index is 0.0483. The summed E-state index contributed by atoms with van der Waals surface area (Å²) in [5.41, 5.74) is 1.63. The molecule has 0 spiro atoms. The van der Waals surface area contributed by atoms with E-state index in [1.54, 1.807) is 11.9 Å². The van der Waals surface area contributed by atoms with Crippen molar-refractivity contribution < 1.29 is 9.59 Å². The Morgan fingerprint density at radius 3 is 2.22 bits per heavy atom. The number of anilines is 2. The van der Waals surface area contributed by atoms with E-state index in [1.165, 1.54) is 18.7 Å². The maximum atomic E-state index is 12.5. The Balaban J connectivity index is 1.99. The number of carbonyl (C=O) groups excluding carboxylic acids is 2. The number of carbonyl (C=O) groups is 2. The van der Waals surface area contributed by atoms with E-state index < -0.39 is 0 Å². The Morgan fingerprint density at radius 2 is 1.65 bits per heavy atom. The molecule has 2 aromatic rings. The number of hydrogen-bond donors (Lipinski definition) is 1. The number of hydrogen-bond acceptors (Lipinski definition) is 3. The number of amides is 2. The Labute approximate surface area is 140 Å². The number of nitrogens with zero attached hydrogens (tertiary/aromatic N) is 1. The molecule has 23 heavy (non-hydrogen) atoms. The van der Waals surface area contributed by atoms with Gasteiger partial charge in [-0.25, -0.2) is 0 Å². The lowest BCUT2D eigenvalue weighted by molar-refractivity contribution is -0.117. The van der Waals surface area contributed by atoms with Crippen LogP contribution in [0.15, 0.2) is 59.5 Å². The highest BCUT2D eigenvalue weighted by Gasteiger charge is 2.19. The molecule has 4 nitrogen and oxygen atoms in total. The first-order valence-corrected chi connectivity index (χ1v) is 8.22. The van der Waals surface area contributed by atoms with Crippen molar-refractivity contribution in [2.24, 2.45) is 0 Å². The van der Waals surface area contributed by atoms with Crippen LogP contribution in [0.4, 0.5) is 11.4 Å². The molecule has 2 rings (SSSR count). The Hall–Kier alpha value is -2.27. The largest absolute Gasteiger partial charge is 0.326 e. The van der Waals surface area contributed by atoms with E-state index in [0.29, 0.717) is 0 Å². The summed E-state index contributed by atoms with van der Waals surface area (Å²) in [7, 11) is 1.79. The fourth-order valence-corrected chi connectivity index (χ4v) is 3.09. The lowest BCUT2D eigenvalue weighted by Gasteiger charge is -2.21. The first-order chi connectivity index (χ1) is 11.0. The summed E-state index contributed by atoms with van der Waals surface area (Å²) in [6, 6.07) is 17.1. The Morgan fingerprint density at radius 1 is 1.04 bits per heavy atom. The van der Waals surface area contributed by atoms with Gasteiger partial charge in [-0.05, 0) is 43.3 Å². The first-order valence-electron chi connectivity index (χ1n) is 7.34. The van der Waals surface area contributed by atoms with Gasteiger partial charge in [0.25, 0.3) is 0 Å². The smallest absolute Gasteiger partial charge is 0.239 e. The molecule has 2 amide bonds. The summed E-state index contributed by atoms with van der Waals surface area (Å²) in [5, 5.41) is 2.52. The van der Waals surface area contributed by atoms with Gasteiger partial charge in [-0.1, -0.05) is 18.2 Å². The van der Waals surface area contributed by atoms with Crippen LogP contribution >= 0.6 is 11.8 Å². The lowest BCUT2D eigenvalue weighted by atomic mass is 10.3. The average Bonchev–Trinajstić information content (AvgIpc) is 2.55. The molecule has 0 radical (unpaired) electrons. The average molecular weight is 328 g/mol. The molecule has 2 aromatic carbocycles. The molecule has 1 atom stereocenters. The molecular weight excluding hydrogens is 308 g/mol. The van der Waals surface area contributed by atoms with Crippen LogP contribution in [-0.4, -0.2) is 24.1 Å². The monoisotopic (exact) mass is 328 g/mol. The number of para-hydroxylation sites is 1. The van der Waals surface area contributed by atoms with Gasteiger partial charge in [-0.3, -0.25) is 9.59 Å². The predicted octanol–water partition coefficient (Wildman–Crippen LogP) is 3.79. The predicted molar refractivity (Wildman–Crippen MR) is 95.9 cm³/mol. The van der Waals surface area contributed by atoms with E-state index in [0.717, 1.165) is 16.3 Å². The summed E-state index contributed by atoms with van der Waals surface area (Å²) < 4.78 is 0. The van der Waals surface area contributed by atoms with Gasteiger partial charge in [-0.2, -0.15) is 0 Å². The summed E-state index contributed by atoms with van der Waals surface area (Å²) in [6.07, 6.45) is 0. The zero-order chi connectivity index (χ0) is 16.8. The van der Waals surface area contributed by atoms with Gasteiger partial charge in [0.2, 0.25) is 11.8 Å². The highest BCUT2D eigenvalue weighted by atomic mass is 32.2. The molecule has 0 aliphatic rings. The molecule has 0 saturated heterocycles. The van der Waals surface area contributed by atoms with Crippen LogP contribution in [0.25, 0.3) is 0 Å². The summed E-state index contributed by atoms with van der Waals surface area (Å²) >= 11 is 1.50. The molecule has 5 heteroatoms. The van der Waals surface area contributed by atoms with Gasteiger partial charge in [-0.15, -0.1) is 11.8 Å². The zero-order valence-corrected chi connectivity index (χ0v) is 14.3. The van der Waals surface area contributed by atoms with Gasteiger partial charge in [0, 0.05) is 30.2 Å². The second-order valence-corrected chi connectivity index (χ2v) is 6.61. The van der Waals surface area contributed by atoms with E-state index in [2.05, 4.69) is 5.32 Å². The van der Waals surface area contributed by atoms with Gasteiger partial charge in [0.05, 0.1) is 5.25 Å². The van der Waals surface area contributed by atoms with E-state index in [9.17, 15) is 9.59 Å². The molecule has 0 aliphatic heterocycles. The molecule has 0 fully saturated rings. The highest BCUT2D eigenvalue weighted by Crippen LogP contribution is 2.26. The quantitative estimate of drug-likeness (QED) is 0.850. The van der Waals surface area contributed by atoms with Crippen LogP contribution in [0.1, 0.15) is 13.8 Å². The SMILES string of the molecule is CC(=O)Nc1ccc(S[C@@H](C)C(=O)N(C)c2ccccc2)cc1. The van der Waals surface area contributed by atoms with Crippen LogP contribution in [-0.2, 0) is 9.59 Å². The van der Waals surface area contributed by atoms with Gasteiger partial charge in [0.15, 0.2) is 0 Å². The van der Waals surface area contributed by atoms with E-state index in [1.807, 2.05) is 61.5 Å². The molecule has 1 N–H and O–H groups in total. The molecule has 0 aliphatic carbocycles. The number of rotatable bonds is 5. The van der Waals surface area contributed by atoms with Crippen molar-refractivity contribution in [3.05, 3.63) is 54.6 Å². The number of benzene rings is 2. The minimum atomic E-state index is -0.202. The third kappa shape index (κ3) is 4.86. The topological polar surface area (TPSA) is 49.4 Å². The summed E-state index contributed by atoms with van der Waals surface area (Å²) in [5.74, 6) is -0.0504. The molecule has 120 valence electrons. The third-order valence-electron chi connectivity index (χ3n) is 3.31. The fraction of sp³-hybridized carbons (Fsp3) is 0.222. The Kier molecular flexibility index (Phi) is 5.82. The maximum absolute atomic E-state index is 12.5. The van der Waals surface area contributed by atoms with E-state index >= 15 is 0 Å². The van der Waals surface area contributed by atoms with E-state index in [-0.39, 0.29) is 17.1 Å². The van der Waals surface area contributed by atoms with E-state index in [4.69, 9.17) is 0 Å². The maximum Gasteiger partial charge on any atom is 0.239 e. The van der Waals surface area contributed by atoms with Crippen molar-refractivity contribution >= 4 is 35.0 Å². The van der Waals surface area contributed by atoms with Crippen LogP contribution < -0.4 is 10.2 Å². The van der Waals surface area contributed by atoms with Crippen LogP contribution in [0, 0.1) is 0 Å². The van der Waals surface area contributed by atoms with Gasteiger partial charge >= 0.3 is 0 Å². The molecular formula is C18H20N2O2S. The second-order valence-electron chi connectivity index (χ2n) is 5.20. The van der Waals surface area contributed by atoms with Crippen molar-refractivity contribution in [2.45, 2.75) is 24.0 Å². The standard InChI is InChI=1S/C18H20N2O2S/c1-13(18(22)20(3)16-7-5-4-6-8-16)23-17-11-9-15(10-12-17)19-14(2)21/h4-13H,1-3H3,(H,19,21)/t13-/m0/s1. The zero-order valence-electron chi connectivity index (χ0n) is 13.4. The highest BCUT2D eigenvalue weighted by molar-refractivity contribution is 8.00. The summed E-state index contributed by atoms with van der Waals surface area (Å²) in [4.78, 5) is 26.2. The Bertz CT molecular complexity index is 671. The van der Waals surface area contributed by atoms with Crippen molar-refractivity contribution in [1.82, 2.24) is 0 Å². The van der Waals surface area contributed by atoms with Crippen LogP contribution in [0.3, 0.4) is 0 Å². The van der Waals surface area contributed by atoms with Crippen molar-refractivity contribution in [2.75, 3.05) is 17.3 Å². The number of nitrogens with one attached hydrogen (secondary N) is 1. The van der Waals surface area contributed by atoms with Gasteiger partial charge in [0.1, 0.15) is 0 Å². The van der Waals surface area contributed by atoms with Crippen LogP contribution in [0.5, 0.6) is 0 Å².